The van der Waals surface area contributed by atoms with Gasteiger partial charge in [-0.1, -0.05) is 58.9 Å². The molecule has 0 bridgehead atoms. The van der Waals surface area contributed by atoms with Gasteiger partial charge in [-0.25, -0.2) is 0 Å². The van der Waals surface area contributed by atoms with Crippen molar-refractivity contribution >= 4 is 24.0 Å². The number of rotatable bonds is 12. The van der Waals surface area contributed by atoms with Gasteiger partial charge >= 0.3 is 0 Å². The van der Waals surface area contributed by atoms with Crippen LogP contribution in [-0.4, -0.2) is 60.4 Å². The normalized spacial score (nSPS) is 15.3. The number of nitrogens with one attached hydrogen (secondary N) is 3. The maximum atomic E-state index is 13.3. The average Bonchev–Trinajstić information content (AvgIpc) is 2.78. The van der Waals surface area contributed by atoms with E-state index in [1.807, 2.05) is 79.0 Å². The van der Waals surface area contributed by atoms with Gasteiger partial charge in [0.2, 0.25) is 24.0 Å². The van der Waals surface area contributed by atoms with E-state index in [-0.39, 0.29) is 18.9 Å². The zero-order chi connectivity index (χ0) is 28.6. The first-order chi connectivity index (χ1) is 17.0. The summed E-state index contributed by atoms with van der Waals surface area (Å²) in [7, 11) is 0. The molecule has 0 aliphatic rings. The highest BCUT2D eigenvalue weighted by molar-refractivity contribution is 5.94. The largest absolute Gasteiger partial charge is 0.374 e. The zero-order valence-electron chi connectivity index (χ0n) is 23.7. The summed E-state index contributed by atoms with van der Waals surface area (Å²) >= 11 is 0. The minimum Gasteiger partial charge on any atom is -0.374 e. The van der Waals surface area contributed by atoms with E-state index in [1.54, 1.807) is 13.8 Å². The summed E-state index contributed by atoms with van der Waals surface area (Å²) in [6.07, 6.45) is 2.09. The van der Waals surface area contributed by atoms with Gasteiger partial charge in [-0.05, 0) is 50.2 Å². The highest BCUT2D eigenvalue weighted by Gasteiger charge is 2.33. The summed E-state index contributed by atoms with van der Waals surface area (Å²) in [5.74, 6) is -1.85. The molecule has 0 fully saturated rings. The molecule has 1 aromatic rings. The van der Waals surface area contributed by atoms with E-state index in [2.05, 4.69) is 16.0 Å². The Bertz CT molecular complexity index is 933. The second-order valence-corrected chi connectivity index (χ2v) is 11.9. The standard InChI is InChI=1S/C28H45N4O5/c1-17(2)23(32-24(34)20(29)16-37-28(7,8)9)26(36)30-21(14-19-13-11-10-12-18(19)3)25(35)31-22(15-33)27(4,5)6/h10-13,17,20-23H,14,16,29H2,1-9H3,(H,30,36)(H,31,35)(H,32,34)/t20-,21-,22+,23+/m0/s1. The van der Waals surface area contributed by atoms with Crippen molar-refractivity contribution in [3.8, 4) is 0 Å². The Labute approximate surface area is 221 Å². The van der Waals surface area contributed by atoms with Crippen LogP contribution in [-0.2, 0) is 30.3 Å². The smallest absolute Gasteiger partial charge is 0.243 e. The molecule has 0 saturated carbocycles. The molecule has 37 heavy (non-hydrogen) atoms. The van der Waals surface area contributed by atoms with Gasteiger partial charge in [0, 0.05) is 6.42 Å². The lowest BCUT2D eigenvalue weighted by Gasteiger charge is -2.30. The number of amides is 3. The van der Waals surface area contributed by atoms with E-state index in [0.717, 1.165) is 11.1 Å². The highest BCUT2D eigenvalue weighted by Crippen LogP contribution is 2.18. The molecular formula is C28H45N4O5. The molecule has 3 amide bonds. The molecule has 1 radical (unpaired) electrons. The van der Waals surface area contributed by atoms with E-state index in [9.17, 15) is 19.2 Å². The molecule has 1 rings (SSSR count). The number of hydrogen-bond donors (Lipinski definition) is 4. The Morgan fingerprint density at radius 2 is 1.54 bits per heavy atom. The van der Waals surface area contributed by atoms with Crippen LogP contribution in [0.5, 0.6) is 0 Å². The number of aryl methyl sites for hydroxylation is 1. The lowest BCUT2D eigenvalue weighted by Crippen LogP contribution is -2.59. The molecule has 0 heterocycles. The number of hydrogen-bond acceptors (Lipinski definition) is 6. The van der Waals surface area contributed by atoms with Gasteiger partial charge < -0.3 is 26.4 Å². The van der Waals surface area contributed by atoms with Gasteiger partial charge in [0.25, 0.3) is 0 Å². The fourth-order valence-corrected chi connectivity index (χ4v) is 3.41. The van der Waals surface area contributed by atoms with Gasteiger partial charge in [-0.2, -0.15) is 0 Å². The van der Waals surface area contributed by atoms with Crippen molar-refractivity contribution in [2.24, 2.45) is 17.1 Å². The van der Waals surface area contributed by atoms with Crippen LogP contribution in [0.2, 0.25) is 0 Å². The molecule has 1 aromatic carbocycles. The molecule has 0 aliphatic carbocycles. The van der Waals surface area contributed by atoms with Crippen molar-refractivity contribution in [1.29, 1.82) is 0 Å². The van der Waals surface area contributed by atoms with E-state index < -0.39 is 52.9 Å². The number of ether oxygens (including phenoxy) is 1. The molecule has 0 unspecified atom stereocenters. The zero-order valence-corrected chi connectivity index (χ0v) is 23.7. The van der Waals surface area contributed by atoms with Crippen LogP contribution in [0.25, 0.3) is 0 Å². The number of benzene rings is 1. The number of carbonyl (C=O) groups is 3. The SMILES string of the molecule is Cc1ccccc1C[C@H](NC(=O)[C@H](NC(=O)[C@@H](N)COC(C)(C)C)C(C)C)C(=O)N[C@H]([C]=O)C(C)(C)C. The van der Waals surface area contributed by atoms with E-state index in [0.29, 0.717) is 0 Å². The fourth-order valence-electron chi connectivity index (χ4n) is 3.41. The monoisotopic (exact) mass is 517 g/mol. The van der Waals surface area contributed by atoms with Crippen LogP contribution in [0, 0.1) is 18.3 Å². The van der Waals surface area contributed by atoms with Crippen molar-refractivity contribution in [2.75, 3.05) is 6.61 Å². The Morgan fingerprint density at radius 1 is 0.946 bits per heavy atom. The first kappa shape index (κ1) is 32.2. The van der Waals surface area contributed by atoms with Gasteiger partial charge in [0.05, 0.1) is 12.2 Å². The van der Waals surface area contributed by atoms with Gasteiger partial charge in [-0.15, -0.1) is 0 Å². The molecule has 4 atom stereocenters. The molecule has 207 valence electrons. The van der Waals surface area contributed by atoms with E-state index >= 15 is 0 Å². The predicted molar refractivity (Wildman–Crippen MR) is 144 cm³/mol. The summed E-state index contributed by atoms with van der Waals surface area (Å²) in [4.78, 5) is 50.9. The molecule has 0 aromatic heterocycles. The van der Waals surface area contributed by atoms with Gasteiger partial charge in [0.15, 0.2) is 0 Å². The first-order valence-corrected chi connectivity index (χ1v) is 12.7. The molecule has 0 saturated heterocycles. The predicted octanol–water partition coefficient (Wildman–Crippen LogP) is 1.95. The number of nitrogens with two attached hydrogens (primary N) is 1. The first-order valence-electron chi connectivity index (χ1n) is 12.7. The van der Waals surface area contributed by atoms with Gasteiger partial charge in [0.1, 0.15) is 24.2 Å². The molecule has 9 nitrogen and oxygen atoms in total. The summed E-state index contributed by atoms with van der Waals surface area (Å²) in [6.45, 7) is 16.5. The second kappa shape index (κ2) is 13.7. The minimum absolute atomic E-state index is 0.00350. The van der Waals surface area contributed by atoms with Crippen molar-refractivity contribution < 1.29 is 23.9 Å². The third-order valence-corrected chi connectivity index (χ3v) is 5.87. The topological polar surface area (TPSA) is 140 Å². The third kappa shape index (κ3) is 11.0. The third-order valence-electron chi connectivity index (χ3n) is 5.87. The Kier molecular flexibility index (Phi) is 11.9. The molecular weight excluding hydrogens is 472 g/mol. The summed E-state index contributed by atoms with van der Waals surface area (Å²) in [5, 5.41) is 8.19. The Morgan fingerprint density at radius 3 is 2.03 bits per heavy atom. The van der Waals surface area contributed by atoms with E-state index in [1.165, 1.54) is 0 Å². The van der Waals surface area contributed by atoms with Crippen molar-refractivity contribution in [3.05, 3.63) is 35.4 Å². The van der Waals surface area contributed by atoms with Gasteiger partial charge in [-0.3, -0.25) is 19.2 Å². The van der Waals surface area contributed by atoms with Crippen molar-refractivity contribution in [2.45, 2.75) is 98.5 Å². The van der Waals surface area contributed by atoms with Crippen molar-refractivity contribution in [3.63, 3.8) is 0 Å². The fraction of sp³-hybridized carbons (Fsp3) is 0.643. The van der Waals surface area contributed by atoms with Crippen molar-refractivity contribution in [1.82, 2.24) is 16.0 Å². The van der Waals surface area contributed by atoms with Crippen LogP contribution in [0.1, 0.15) is 66.5 Å². The highest BCUT2D eigenvalue weighted by atomic mass is 16.5. The molecule has 0 spiro atoms. The Hall–Kier alpha value is -2.78. The summed E-state index contributed by atoms with van der Waals surface area (Å²) < 4.78 is 5.59. The average molecular weight is 518 g/mol. The van der Waals surface area contributed by atoms with Crippen LogP contribution < -0.4 is 21.7 Å². The Balaban J connectivity index is 3.12. The van der Waals surface area contributed by atoms with Crippen LogP contribution in [0.15, 0.2) is 24.3 Å². The maximum absolute atomic E-state index is 13.3. The lowest BCUT2D eigenvalue weighted by molar-refractivity contribution is -0.134. The molecule has 0 aliphatic heterocycles. The maximum Gasteiger partial charge on any atom is 0.243 e. The van der Waals surface area contributed by atoms with Crippen LogP contribution >= 0.6 is 0 Å². The second-order valence-electron chi connectivity index (χ2n) is 11.9. The lowest BCUT2D eigenvalue weighted by atomic mass is 9.87. The summed E-state index contributed by atoms with van der Waals surface area (Å²) in [5.41, 5.74) is 6.79. The van der Waals surface area contributed by atoms with E-state index in [4.69, 9.17) is 10.5 Å². The minimum atomic E-state index is -0.983. The number of carbonyl (C=O) groups excluding carboxylic acids is 4. The quantitative estimate of drug-likeness (QED) is 0.334. The molecule has 5 N–H and O–H groups in total. The molecule has 9 heteroatoms. The summed E-state index contributed by atoms with van der Waals surface area (Å²) in [6, 6.07) is 3.80. The van der Waals surface area contributed by atoms with Crippen LogP contribution in [0.4, 0.5) is 0 Å². The van der Waals surface area contributed by atoms with Crippen LogP contribution in [0.3, 0.4) is 0 Å².